The summed E-state index contributed by atoms with van der Waals surface area (Å²) in [4.78, 5) is 51.8. The van der Waals surface area contributed by atoms with E-state index in [1.165, 1.54) is 62.7 Å². The Bertz CT molecular complexity index is 1590. The molecule has 2 atom stereocenters. The first-order valence-electron chi connectivity index (χ1n) is 18.8. The lowest BCUT2D eigenvalue weighted by molar-refractivity contribution is -0.142. The zero-order valence-electron chi connectivity index (χ0n) is 30.7. The Labute approximate surface area is 307 Å². The maximum absolute atomic E-state index is 13.4. The molecule has 3 heterocycles. The van der Waals surface area contributed by atoms with Crippen molar-refractivity contribution >= 4 is 34.8 Å². The Kier molecular flexibility index (Phi) is 13.2. The molecule has 1 saturated heterocycles. The maximum Gasteiger partial charge on any atom is 0.326 e. The number of carboxylic acid groups (broad SMARTS) is 1. The fourth-order valence-electron chi connectivity index (χ4n) is 7.64. The van der Waals surface area contributed by atoms with Gasteiger partial charge in [-0.2, -0.15) is 0 Å². The van der Waals surface area contributed by atoms with Crippen LogP contribution in [0.5, 0.6) is 0 Å². The van der Waals surface area contributed by atoms with Gasteiger partial charge in [0.2, 0.25) is 5.91 Å². The average Bonchev–Trinajstić information content (AvgIpc) is 3.64. The number of rotatable bonds is 14. The van der Waals surface area contributed by atoms with E-state index >= 15 is 0 Å². The molecule has 0 radical (unpaired) electrons. The van der Waals surface area contributed by atoms with Crippen molar-refractivity contribution in [3.05, 3.63) is 64.1 Å². The Morgan fingerprint density at radius 2 is 1.57 bits per heavy atom. The number of amides is 2. The number of aromatic nitrogens is 2. The average molecular weight is 717 g/mol. The van der Waals surface area contributed by atoms with Crippen LogP contribution in [0.4, 0.5) is 5.69 Å². The summed E-state index contributed by atoms with van der Waals surface area (Å²) in [7, 11) is 0. The number of aliphatic carboxylic acids is 1. The molecule has 1 saturated carbocycles. The highest BCUT2D eigenvalue weighted by Gasteiger charge is 2.31. The van der Waals surface area contributed by atoms with E-state index in [1.54, 1.807) is 6.07 Å². The highest BCUT2D eigenvalue weighted by molar-refractivity contribution is 7.14. The number of nitrogens with zero attached hydrogens (tertiary/aromatic N) is 3. The monoisotopic (exact) mass is 716 g/mol. The molecule has 2 amide bonds. The second kappa shape index (κ2) is 17.6. The molecule has 11 heteroatoms. The molecule has 3 aromatic rings. The lowest BCUT2D eigenvalue weighted by Crippen LogP contribution is -2.52. The fraction of sp³-hybridized carbons (Fsp3) is 0.575. The van der Waals surface area contributed by atoms with Crippen LogP contribution in [0.3, 0.4) is 0 Å². The summed E-state index contributed by atoms with van der Waals surface area (Å²) in [6.07, 6.45) is 14.9. The van der Waals surface area contributed by atoms with Crippen molar-refractivity contribution in [2.24, 2.45) is 23.5 Å². The number of hydrogen-bond acceptors (Lipinski definition) is 8. The number of piperidine rings is 1. The Hall–Kier alpha value is -3.83. The molecule has 1 aliphatic carbocycles. The molecule has 2 aliphatic rings. The van der Waals surface area contributed by atoms with Crippen LogP contribution in [0, 0.1) is 17.8 Å². The first kappa shape index (κ1) is 38.4. The largest absolute Gasteiger partial charge is 0.480 e. The number of carboxylic acids is 1. The molecule has 1 aliphatic heterocycles. The SMILES string of the molecule is CCC[C@H]1CC[C@H](C2CCN(c3cnc(-c4ccc(C[C@H](NC(=O)c5ccc(C(C)(C)C)s5)C(=O)NC(CCN)C(=O)O)cc4)nc3)CC2)CC1. The van der Waals surface area contributed by atoms with E-state index in [2.05, 4.69) is 43.2 Å². The molecular weight excluding hydrogens is 661 g/mol. The van der Waals surface area contributed by atoms with Crippen LogP contribution in [-0.4, -0.2) is 64.6 Å². The van der Waals surface area contributed by atoms with Gasteiger partial charge in [-0.3, -0.25) is 9.59 Å². The molecule has 0 spiro atoms. The molecule has 0 bridgehead atoms. The Morgan fingerprint density at radius 1 is 0.922 bits per heavy atom. The lowest BCUT2D eigenvalue weighted by atomic mass is 9.72. The van der Waals surface area contributed by atoms with Crippen molar-refractivity contribution in [1.82, 2.24) is 20.6 Å². The van der Waals surface area contributed by atoms with Gasteiger partial charge in [0.1, 0.15) is 12.1 Å². The number of nitrogens with one attached hydrogen (secondary N) is 2. The first-order valence-corrected chi connectivity index (χ1v) is 19.6. The van der Waals surface area contributed by atoms with E-state index in [-0.39, 0.29) is 30.7 Å². The number of carbonyl (C=O) groups is 3. The Balaban J connectivity index is 1.20. The summed E-state index contributed by atoms with van der Waals surface area (Å²) in [5.74, 6) is 1.16. The molecule has 5 rings (SSSR count). The van der Waals surface area contributed by atoms with Crippen LogP contribution in [0.15, 0.2) is 48.8 Å². The number of nitrogens with two attached hydrogens (primary N) is 1. The van der Waals surface area contributed by atoms with Gasteiger partial charge in [0, 0.05) is 30.0 Å². The van der Waals surface area contributed by atoms with Crippen molar-refractivity contribution < 1.29 is 19.5 Å². The number of benzene rings is 1. The Morgan fingerprint density at radius 3 is 2.14 bits per heavy atom. The van der Waals surface area contributed by atoms with E-state index in [0.717, 1.165) is 52.5 Å². The van der Waals surface area contributed by atoms with Crippen molar-refractivity contribution in [2.45, 2.75) is 109 Å². The van der Waals surface area contributed by atoms with Crippen LogP contribution in [0.2, 0.25) is 0 Å². The fourth-order valence-corrected chi connectivity index (χ4v) is 8.61. The smallest absolute Gasteiger partial charge is 0.326 e. The zero-order chi connectivity index (χ0) is 36.5. The number of carbonyl (C=O) groups excluding carboxylic acids is 2. The zero-order valence-corrected chi connectivity index (χ0v) is 31.5. The van der Waals surface area contributed by atoms with Gasteiger partial charge in [-0.1, -0.05) is 77.6 Å². The van der Waals surface area contributed by atoms with Crippen molar-refractivity contribution in [1.29, 1.82) is 0 Å². The maximum atomic E-state index is 13.4. The third-order valence-electron chi connectivity index (χ3n) is 10.7. The van der Waals surface area contributed by atoms with E-state index in [1.807, 2.05) is 42.7 Å². The van der Waals surface area contributed by atoms with Gasteiger partial charge in [0.05, 0.1) is 23.0 Å². The van der Waals surface area contributed by atoms with Gasteiger partial charge in [-0.25, -0.2) is 14.8 Å². The van der Waals surface area contributed by atoms with E-state index in [9.17, 15) is 19.5 Å². The van der Waals surface area contributed by atoms with Gasteiger partial charge < -0.3 is 26.4 Å². The summed E-state index contributed by atoms with van der Waals surface area (Å²) in [5, 5.41) is 15.0. The van der Waals surface area contributed by atoms with Crippen molar-refractivity contribution in [3.63, 3.8) is 0 Å². The quantitative estimate of drug-likeness (QED) is 0.146. The lowest BCUT2D eigenvalue weighted by Gasteiger charge is -2.39. The molecule has 1 unspecified atom stereocenters. The minimum atomic E-state index is -1.17. The van der Waals surface area contributed by atoms with E-state index in [4.69, 9.17) is 15.7 Å². The van der Waals surface area contributed by atoms with Crippen LogP contribution in [0.1, 0.15) is 106 Å². The van der Waals surface area contributed by atoms with Gasteiger partial charge in [0.25, 0.3) is 5.91 Å². The summed E-state index contributed by atoms with van der Waals surface area (Å²) in [6.45, 7) is 10.7. The van der Waals surface area contributed by atoms with Crippen LogP contribution in [-0.2, 0) is 21.4 Å². The number of thiophene rings is 1. The van der Waals surface area contributed by atoms with E-state index < -0.39 is 24.0 Å². The minimum absolute atomic E-state index is 0.0768. The highest BCUT2D eigenvalue weighted by Crippen LogP contribution is 2.39. The third kappa shape index (κ3) is 10.4. The second-order valence-corrected chi connectivity index (χ2v) is 16.6. The van der Waals surface area contributed by atoms with E-state index in [0.29, 0.717) is 10.7 Å². The van der Waals surface area contributed by atoms with Crippen LogP contribution in [0.25, 0.3) is 11.4 Å². The molecule has 2 aromatic heterocycles. The number of hydrogen-bond donors (Lipinski definition) is 4. The summed E-state index contributed by atoms with van der Waals surface area (Å²) < 4.78 is 0. The third-order valence-corrected chi connectivity index (χ3v) is 12.2. The minimum Gasteiger partial charge on any atom is -0.480 e. The van der Waals surface area contributed by atoms with Crippen molar-refractivity contribution in [3.8, 4) is 11.4 Å². The van der Waals surface area contributed by atoms with Crippen LogP contribution >= 0.6 is 11.3 Å². The molecule has 51 heavy (non-hydrogen) atoms. The molecule has 10 nitrogen and oxygen atoms in total. The first-order chi connectivity index (χ1) is 24.4. The summed E-state index contributed by atoms with van der Waals surface area (Å²) >= 11 is 1.38. The predicted octanol–water partition coefficient (Wildman–Crippen LogP) is 6.58. The normalized spacial score (nSPS) is 19.7. The van der Waals surface area contributed by atoms with Crippen LogP contribution < -0.4 is 21.3 Å². The van der Waals surface area contributed by atoms with Gasteiger partial charge in [-0.15, -0.1) is 11.3 Å². The molecular formula is C40H56N6O4S. The highest BCUT2D eigenvalue weighted by atomic mass is 32.1. The molecule has 5 N–H and O–H groups in total. The molecule has 2 fully saturated rings. The predicted molar refractivity (Wildman–Crippen MR) is 204 cm³/mol. The van der Waals surface area contributed by atoms with Gasteiger partial charge >= 0.3 is 5.97 Å². The second-order valence-electron chi connectivity index (χ2n) is 15.5. The molecule has 276 valence electrons. The topological polar surface area (TPSA) is 151 Å². The van der Waals surface area contributed by atoms with Gasteiger partial charge in [0.15, 0.2) is 5.82 Å². The molecule has 1 aromatic carbocycles. The standard InChI is InChI=1S/C40H56N6O4S/c1-5-6-26-7-11-28(12-8-26)29-18-21-46(22-19-29)31-24-42-36(43-25-31)30-13-9-27(10-14-30)23-33(37(47)44-32(17-20-41)39(49)50)45-38(48)34-15-16-35(51-34)40(2,3)4/h9-10,13-16,24-26,28-29,32-33H,5-8,11-12,17-23,41H2,1-4H3,(H,44,47)(H,45,48)(H,49,50)/t26-,28-,32?,33-/m0/s1. The van der Waals surface area contributed by atoms with Crippen molar-refractivity contribution in [2.75, 3.05) is 24.5 Å². The summed E-state index contributed by atoms with van der Waals surface area (Å²) in [6, 6.07) is 9.11. The summed E-state index contributed by atoms with van der Waals surface area (Å²) in [5.41, 5.74) is 8.17. The van der Waals surface area contributed by atoms with Gasteiger partial charge in [-0.05, 0) is 79.5 Å². The number of anilines is 1.